The molecule has 15 heavy (non-hydrogen) atoms. The predicted octanol–water partition coefficient (Wildman–Crippen LogP) is 2.55. The number of aromatic nitrogens is 2. The molecule has 0 amide bonds. The minimum Gasteiger partial charge on any atom is -0.436 e. The third-order valence-electron chi connectivity index (χ3n) is 1.66. The SMILES string of the molecule is Fc1cc(Oc2ccccc2F)ncn1. The van der Waals surface area contributed by atoms with Crippen LogP contribution in [0.5, 0.6) is 11.6 Å². The Morgan fingerprint density at radius 2 is 1.87 bits per heavy atom. The molecule has 0 aliphatic carbocycles. The minimum absolute atomic E-state index is 0.00407. The molecule has 0 atom stereocenters. The van der Waals surface area contributed by atoms with Crippen molar-refractivity contribution in [3.63, 3.8) is 0 Å². The van der Waals surface area contributed by atoms with Gasteiger partial charge in [-0.05, 0) is 12.1 Å². The Hall–Kier alpha value is -2.04. The lowest BCUT2D eigenvalue weighted by atomic mass is 10.3. The van der Waals surface area contributed by atoms with E-state index in [-0.39, 0.29) is 11.6 Å². The van der Waals surface area contributed by atoms with E-state index in [1.54, 1.807) is 6.07 Å². The maximum Gasteiger partial charge on any atom is 0.225 e. The molecule has 0 N–H and O–H groups in total. The van der Waals surface area contributed by atoms with Gasteiger partial charge in [-0.1, -0.05) is 12.1 Å². The highest BCUT2D eigenvalue weighted by atomic mass is 19.1. The summed E-state index contributed by atoms with van der Waals surface area (Å²) in [5.74, 6) is -1.30. The second-order valence-corrected chi connectivity index (χ2v) is 2.71. The second kappa shape index (κ2) is 4.00. The quantitative estimate of drug-likeness (QED) is 0.711. The van der Waals surface area contributed by atoms with Gasteiger partial charge in [0.2, 0.25) is 11.8 Å². The van der Waals surface area contributed by atoms with Gasteiger partial charge in [0.1, 0.15) is 6.33 Å². The second-order valence-electron chi connectivity index (χ2n) is 2.71. The van der Waals surface area contributed by atoms with Crippen LogP contribution in [0.25, 0.3) is 0 Å². The molecule has 0 saturated heterocycles. The number of rotatable bonds is 2. The van der Waals surface area contributed by atoms with Crippen molar-refractivity contribution in [3.8, 4) is 11.6 Å². The van der Waals surface area contributed by atoms with E-state index in [9.17, 15) is 8.78 Å². The van der Waals surface area contributed by atoms with Gasteiger partial charge in [0.25, 0.3) is 0 Å². The van der Waals surface area contributed by atoms with Crippen molar-refractivity contribution in [2.24, 2.45) is 0 Å². The maximum absolute atomic E-state index is 13.1. The normalized spacial score (nSPS) is 10.0. The Bertz CT molecular complexity index is 476. The van der Waals surface area contributed by atoms with Crippen LogP contribution in [-0.4, -0.2) is 9.97 Å². The highest BCUT2D eigenvalue weighted by Crippen LogP contribution is 2.21. The highest BCUT2D eigenvalue weighted by molar-refractivity contribution is 5.27. The first-order valence-corrected chi connectivity index (χ1v) is 4.15. The van der Waals surface area contributed by atoms with Crippen molar-refractivity contribution in [2.45, 2.75) is 0 Å². The summed E-state index contributed by atoms with van der Waals surface area (Å²) in [6.45, 7) is 0. The standard InChI is InChI=1S/C10H6F2N2O/c11-7-3-1-2-4-8(7)15-10-5-9(12)13-6-14-10/h1-6H. The van der Waals surface area contributed by atoms with Gasteiger partial charge in [0, 0.05) is 0 Å². The molecule has 3 nitrogen and oxygen atoms in total. The van der Waals surface area contributed by atoms with E-state index in [0.717, 1.165) is 12.4 Å². The van der Waals surface area contributed by atoms with E-state index in [0.29, 0.717) is 0 Å². The number of para-hydroxylation sites is 1. The smallest absolute Gasteiger partial charge is 0.225 e. The number of hydrogen-bond donors (Lipinski definition) is 0. The highest BCUT2D eigenvalue weighted by Gasteiger charge is 2.04. The Labute approximate surface area is 84.4 Å². The fourth-order valence-electron chi connectivity index (χ4n) is 1.01. The first-order valence-electron chi connectivity index (χ1n) is 4.15. The lowest BCUT2D eigenvalue weighted by Crippen LogP contribution is -1.92. The number of nitrogens with zero attached hydrogens (tertiary/aromatic N) is 2. The minimum atomic E-state index is -0.726. The van der Waals surface area contributed by atoms with Crippen LogP contribution >= 0.6 is 0 Å². The van der Waals surface area contributed by atoms with Crippen molar-refractivity contribution in [1.29, 1.82) is 0 Å². The summed E-state index contributed by atoms with van der Waals surface area (Å²) in [5, 5.41) is 0. The Kier molecular flexibility index (Phi) is 2.53. The van der Waals surface area contributed by atoms with E-state index in [4.69, 9.17) is 4.74 Å². The van der Waals surface area contributed by atoms with Crippen LogP contribution in [0, 0.1) is 11.8 Å². The summed E-state index contributed by atoms with van der Waals surface area (Å²) in [6, 6.07) is 6.79. The van der Waals surface area contributed by atoms with Crippen molar-refractivity contribution < 1.29 is 13.5 Å². The average molecular weight is 208 g/mol. The molecule has 0 saturated carbocycles. The fourth-order valence-corrected chi connectivity index (χ4v) is 1.01. The van der Waals surface area contributed by atoms with E-state index >= 15 is 0 Å². The molecule has 0 fully saturated rings. The van der Waals surface area contributed by atoms with Crippen molar-refractivity contribution in [3.05, 3.63) is 48.4 Å². The number of hydrogen-bond acceptors (Lipinski definition) is 3. The molecular formula is C10H6F2N2O. The van der Waals surface area contributed by atoms with Crippen LogP contribution in [0.15, 0.2) is 36.7 Å². The summed E-state index contributed by atoms with van der Waals surface area (Å²) in [6.07, 6.45) is 1.01. The van der Waals surface area contributed by atoms with E-state index in [2.05, 4.69) is 9.97 Å². The topological polar surface area (TPSA) is 35.0 Å². The third-order valence-corrected chi connectivity index (χ3v) is 1.66. The van der Waals surface area contributed by atoms with Crippen LogP contribution in [0.3, 0.4) is 0 Å². The zero-order chi connectivity index (χ0) is 10.7. The van der Waals surface area contributed by atoms with E-state index < -0.39 is 11.8 Å². The summed E-state index contributed by atoms with van der Waals surface area (Å²) < 4.78 is 30.8. The Morgan fingerprint density at radius 1 is 1.07 bits per heavy atom. The molecule has 2 rings (SSSR count). The molecule has 0 aliphatic heterocycles. The lowest BCUT2D eigenvalue weighted by Gasteiger charge is -2.04. The zero-order valence-corrected chi connectivity index (χ0v) is 7.52. The van der Waals surface area contributed by atoms with Crippen LogP contribution in [0.1, 0.15) is 0 Å². The van der Waals surface area contributed by atoms with Crippen LogP contribution in [0.2, 0.25) is 0 Å². The maximum atomic E-state index is 13.1. The Balaban J connectivity index is 2.26. The zero-order valence-electron chi connectivity index (χ0n) is 7.52. The largest absolute Gasteiger partial charge is 0.436 e. The van der Waals surface area contributed by atoms with Crippen LogP contribution < -0.4 is 4.74 Å². The first kappa shape index (κ1) is 9.51. The molecule has 5 heteroatoms. The third kappa shape index (κ3) is 2.25. The molecule has 0 unspecified atom stereocenters. The van der Waals surface area contributed by atoms with Gasteiger partial charge in [0.05, 0.1) is 6.07 Å². The number of benzene rings is 1. The van der Waals surface area contributed by atoms with Gasteiger partial charge in [-0.25, -0.2) is 14.4 Å². The molecule has 0 spiro atoms. The van der Waals surface area contributed by atoms with Crippen molar-refractivity contribution in [2.75, 3.05) is 0 Å². The predicted molar refractivity (Wildman–Crippen MR) is 48.5 cm³/mol. The van der Waals surface area contributed by atoms with Crippen molar-refractivity contribution >= 4 is 0 Å². The number of halogens is 2. The average Bonchev–Trinajstić information content (AvgIpc) is 2.22. The monoisotopic (exact) mass is 208 g/mol. The first-order chi connectivity index (χ1) is 7.25. The molecule has 1 aromatic heterocycles. The summed E-state index contributed by atoms with van der Waals surface area (Å²) in [5.41, 5.74) is 0. The van der Waals surface area contributed by atoms with Gasteiger partial charge in [-0.3, -0.25) is 0 Å². The van der Waals surface area contributed by atoms with E-state index in [1.807, 2.05) is 0 Å². The van der Waals surface area contributed by atoms with Gasteiger partial charge in [-0.2, -0.15) is 4.39 Å². The molecular weight excluding hydrogens is 202 g/mol. The Morgan fingerprint density at radius 3 is 2.60 bits per heavy atom. The molecule has 2 aromatic rings. The fraction of sp³-hybridized carbons (Fsp3) is 0. The lowest BCUT2D eigenvalue weighted by molar-refractivity contribution is 0.420. The molecule has 1 aromatic carbocycles. The van der Waals surface area contributed by atoms with Gasteiger partial charge in [-0.15, -0.1) is 0 Å². The van der Waals surface area contributed by atoms with Crippen LogP contribution in [0.4, 0.5) is 8.78 Å². The van der Waals surface area contributed by atoms with Crippen LogP contribution in [-0.2, 0) is 0 Å². The summed E-state index contributed by atoms with van der Waals surface area (Å²) in [4.78, 5) is 6.89. The molecule has 0 bridgehead atoms. The van der Waals surface area contributed by atoms with Gasteiger partial charge in [0.15, 0.2) is 11.6 Å². The summed E-state index contributed by atoms with van der Waals surface area (Å²) >= 11 is 0. The van der Waals surface area contributed by atoms with Gasteiger partial charge < -0.3 is 4.74 Å². The van der Waals surface area contributed by atoms with E-state index in [1.165, 1.54) is 18.2 Å². The molecule has 0 aliphatic rings. The molecule has 76 valence electrons. The van der Waals surface area contributed by atoms with Gasteiger partial charge >= 0.3 is 0 Å². The van der Waals surface area contributed by atoms with Crippen molar-refractivity contribution in [1.82, 2.24) is 9.97 Å². The molecule has 1 heterocycles. The molecule has 0 radical (unpaired) electrons. The number of ether oxygens (including phenoxy) is 1. The summed E-state index contributed by atoms with van der Waals surface area (Å²) in [7, 11) is 0.